The van der Waals surface area contributed by atoms with E-state index in [2.05, 4.69) is 29.4 Å². The first kappa shape index (κ1) is 10.8. The second kappa shape index (κ2) is 4.53. The predicted molar refractivity (Wildman–Crippen MR) is 75.9 cm³/mol. The molecule has 0 atom stereocenters. The largest absolute Gasteiger partial charge is 0.399 e. The van der Waals surface area contributed by atoms with Gasteiger partial charge in [-0.05, 0) is 35.7 Å². The Kier molecular flexibility index (Phi) is 2.73. The van der Waals surface area contributed by atoms with Crippen molar-refractivity contribution in [2.75, 3.05) is 17.3 Å². The molecular weight excluding hydrogens is 222 g/mol. The Morgan fingerprint density at radius 1 is 1.06 bits per heavy atom. The maximum Gasteiger partial charge on any atom is 0.0626 e. The van der Waals surface area contributed by atoms with Crippen molar-refractivity contribution in [1.29, 1.82) is 0 Å². The van der Waals surface area contributed by atoms with Crippen molar-refractivity contribution in [1.82, 2.24) is 0 Å². The van der Waals surface area contributed by atoms with Gasteiger partial charge in [-0.3, -0.25) is 5.01 Å². The minimum absolute atomic E-state index is 0.777. The van der Waals surface area contributed by atoms with E-state index in [0.717, 1.165) is 24.2 Å². The maximum atomic E-state index is 5.65. The fourth-order valence-corrected chi connectivity index (χ4v) is 2.16. The summed E-state index contributed by atoms with van der Waals surface area (Å²) >= 11 is 0. The van der Waals surface area contributed by atoms with Crippen molar-refractivity contribution < 1.29 is 0 Å². The molecule has 0 aromatic heterocycles. The van der Waals surface area contributed by atoms with E-state index in [1.165, 1.54) is 11.3 Å². The lowest BCUT2D eigenvalue weighted by Crippen LogP contribution is -2.12. The van der Waals surface area contributed by atoms with E-state index in [9.17, 15) is 0 Å². The number of hydrogen-bond donors (Lipinski definition) is 1. The number of anilines is 2. The molecule has 3 nitrogen and oxygen atoms in total. The molecule has 0 unspecified atom stereocenters. The SMILES string of the molecule is Nc1ccc(/C=N/N2CCc3ccccc32)cc1. The van der Waals surface area contributed by atoms with Crippen LogP contribution in [0, 0.1) is 0 Å². The summed E-state index contributed by atoms with van der Waals surface area (Å²) in [5, 5.41) is 6.58. The van der Waals surface area contributed by atoms with Crippen LogP contribution in [0.25, 0.3) is 0 Å². The average molecular weight is 237 g/mol. The highest BCUT2D eigenvalue weighted by molar-refractivity contribution is 5.81. The molecule has 0 radical (unpaired) electrons. The van der Waals surface area contributed by atoms with Crippen LogP contribution in [0.1, 0.15) is 11.1 Å². The summed E-state index contributed by atoms with van der Waals surface area (Å²) in [6, 6.07) is 16.1. The zero-order chi connectivity index (χ0) is 12.4. The van der Waals surface area contributed by atoms with Gasteiger partial charge in [0.25, 0.3) is 0 Å². The van der Waals surface area contributed by atoms with E-state index < -0.39 is 0 Å². The third kappa shape index (κ3) is 2.07. The molecule has 1 aliphatic heterocycles. The van der Waals surface area contributed by atoms with Gasteiger partial charge in [0.2, 0.25) is 0 Å². The van der Waals surface area contributed by atoms with Gasteiger partial charge in [0.05, 0.1) is 11.9 Å². The smallest absolute Gasteiger partial charge is 0.0626 e. The van der Waals surface area contributed by atoms with Crippen LogP contribution in [-0.2, 0) is 6.42 Å². The van der Waals surface area contributed by atoms with Crippen molar-refractivity contribution in [2.45, 2.75) is 6.42 Å². The van der Waals surface area contributed by atoms with Crippen LogP contribution in [0.4, 0.5) is 11.4 Å². The van der Waals surface area contributed by atoms with Gasteiger partial charge in [0, 0.05) is 12.2 Å². The van der Waals surface area contributed by atoms with Crippen molar-refractivity contribution in [2.24, 2.45) is 5.10 Å². The van der Waals surface area contributed by atoms with E-state index in [4.69, 9.17) is 5.73 Å². The molecule has 0 saturated heterocycles. The second-order valence-corrected chi connectivity index (χ2v) is 4.41. The first-order valence-corrected chi connectivity index (χ1v) is 6.08. The lowest BCUT2D eigenvalue weighted by atomic mass is 10.2. The minimum atomic E-state index is 0.777. The maximum absolute atomic E-state index is 5.65. The first-order chi connectivity index (χ1) is 8.83. The van der Waals surface area contributed by atoms with Crippen LogP contribution >= 0.6 is 0 Å². The van der Waals surface area contributed by atoms with Crippen LogP contribution in [-0.4, -0.2) is 12.8 Å². The Bertz CT molecular complexity index is 573. The number of nitrogens with zero attached hydrogens (tertiary/aromatic N) is 2. The molecule has 1 aliphatic rings. The lowest BCUT2D eigenvalue weighted by Gasteiger charge is -2.11. The average Bonchev–Trinajstić information content (AvgIpc) is 2.82. The van der Waals surface area contributed by atoms with Crippen LogP contribution in [0.2, 0.25) is 0 Å². The van der Waals surface area contributed by atoms with Crippen molar-refractivity contribution in [3.05, 3.63) is 59.7 Å². The van der Waals surface area contributed by atoms with Crippen molar-refractivity contribution in [3.8, 4) is 0 Å². The normalized spacial score (nSPS) is 14.1. The van der Waals surface area contributed by atoms with Gasteiger partial charge in [-0.15, -0.1) is 0 Å². The fraction of sp³-hybridized carbons (Fsp3) is 0.133. The Hall–Kier alpha value is -2.29. The number of nitrogens with two attached hydrogens (primary N) is 1. The molecule has 0 spiro atoms. The Morgan fingerprint density at radius 3 is 2.67 bits per heavy atom. The van der Waals surface area contributed by atoms with Gasteiger partial charge < -0.3 is 5.73 Å². The third-order valence-corrected chi connectivity index (χ3v) is 3.15. The molecule has 0 saturated carbocycles. The first-order valence-electron chi connectivity index (χ1n) is 6.08. The fourth-order valence-electron chi connectivity index (χ4n) is 2.16. The van der Waals surface area contributed by atoms with E-state index in [1.807, 2.05) is 35.5 Å². The molecule has 0 aliphatic carbocycles. The standard InChI is InChI=1S/C15H15N3/c16-14-7-5-12(6-8-14)11-17-18-10-9-13-3-1-2-4-15(13)18/h1-8,11H,9-10,16H2/b17-11+. The Balaban J connectivity index is 1.80. The Morgan fingerprint density at radius 2 is 1.83 bits per heavy atom. The van der Waals surface area contributed by atoms with Gasteiger partial charge in [-0.2, -0.15) is 5.10 Å². The Labute approximate surface area is 107 Å². The number of hydrazone groups is 1. The summed E-state index contributed by atoms with van der Waals surface area (Å²) < 4.78 is 0. The van der Waals surface area contributed by atoms with Crippen LogP contribution in [0.5, 0.6) is 0 Å². The molecule has 0 bridgehead atoms. The molecule has 18 heavy (non-hydrogen) atoms. The van der Waals surface area contributed by atoms with Gasteiger partial charge >= 0.3 is 0 Å². The van der Waals surface area contributed by atoms with Crippen molar-refractivity contribution in [3.63, 3.8) is 0 Å². The number of hydrogen-bond acceptors (Lipinski definition) is 3. The number of para-hydroxylation sites is 1. The number of nitrogen functional groups attached to an aromatic ring is 1. The molecule has 0 fully saturated rings. The quantitative estimate of drug-likeness (QED) is 0.644. The summed E-state index contributed by atoms with van der Waals surface area (Å²) in [4.78, 5) is 0. The highest BCUT2D eigenvalue weighted by atomic mass is 15.5. The van der Waals surface area contributed by atoms with Crippen LogP contribution in [0.3, 0.4) is 0 Å². The number of benzene rings is 2. The molecule has 90 valence electrons. The zero-order valence-electron chi connectivity index (χ0n) is 10.1. The van der Waals surface area contributed by atoms with E-state index in [0.29, 0.717) is 0 Å². The van der Waals surface area contributed by atoms with Crippen LogP contribution < -0.4 is 10.7 Å². The summed E-state index contributed by atoms with van der Waals surface area (Å²) in [6.45, 7) is 0.949. The van der Waals surface area contributed by atoms with Gasteiger partial charge in [0.15, 0.2) is 0 Å². The van der Waals surface area contributed by atoms with Crippen LogP contribution in [0.15, 0.2) is 53.6 Å². The molecular formula is C15H15N3. The van der Waals surface area contributed by atoms with E-state index in [1.54, 1.807) is 0 Å². The molecule has 2 aromatic rings. The summed E-state index contributed by atoms with van der Waals surface area (Å²) in [6.07, 6.45) is 2.94. The molecule has 3 rings (SSSR count). The summed E-state index contributed by atoms with van der Waals surface area (Å²) in [5.74, 6) is 0. The minimum Gasteiger partial charge on any atom is -0.399 e. The summed E-state index contributed by atoms with van der Waals surface area (Å²) in [7, 11) is 0. The predicted octanol–water partition coefficient (Wildman–Crippen LogP) is 2.67. The second-order valence-electron chi connectivity index (χ2n) is 4.41. The number of rotatable bonds is 2. The zero-order valence-corrected chi connectivity index (χ0v) is 10.1. The highest BCUT2D eigenvalue weighted by Gasteiger charge is 2.16. The molecule has 1 heterocycles. The molecule has 0 amide bonds. The van der Waals surface area contributed by atoms with E-state index in [-0.39, 0.29) is 0 Å². The van der Waals surface area contributed by atoms with Gasteiger partial charge in [-0.25, -0.2) is 0 Å². The molecule has 3 heteroatoms. The van der Waals surface area contributed by atoms with Gasteiger partial charge in [0.1, 0.15) is 0 Å². The molecule has 2 N–H and O–H groups in total. The molecule has 2 aromatic carbocycles. The number of fused-ring (bicyclic) bond motifs is 1. The highest BCUT2D eigenvalue weighted by Crippen LogP contribution is 2.27. The van der Waals surface area contributed by atoms with E-state index >= 15 is 0 Å². The van der Waals surface area contributed by atoms with Gasteiger partial charge in [-0.1, -0.05) is 30.3 Å². The summed E-state index contributed by atoms with van der Waals surface area (Å²) in [5.41, 5.74) is 10.1. The topological polar surface area (TPSA) is 41.6 Å². The monoisotopic (exact) mass is 237 g/mol. The third-order valence-electron chi connectivity index (χ3n) is 3.15. The lowest BCUT2D eigenvalue weighted by molar-refractivity contribution is 0.896. The van der Waals surface area contributed by atoms with Crippen molar-refractivity contribution >= 4 is 17.6 Å².